The van der Waals surface area contributed by atoms with E-state index < -0.39 is 24.4 Å². The fourth-order valence-corrected chi connectivity index (χ4v) is 3.67. The van der Waals surface area contributed by atoms with Crippen LogP contribution in [0, 0.1) is 5.92 Å². The van der Waals surface area contributed by atoms with Crippen LogP contribution in [0.15, 0.2) is 35.1 Å². The number of ether oxygens (including phenoxy) is 1. The van der Waals surface area contributed by atoms with Crippen LogP contribution in [0.2, 0.25) is 0 Å². The number of hydrogen-bond acceptors (Lipinski definition) is 7. The largest absolute Gasteiger partial charge is 0.477 e. The predicted molar refractivity (Wildman–Crippen MR) is 125 cm³/mol. The van der Waals surface area contributed by atoms with Crippen LogP contribution in [0.4, 0.5) is 22.0 Å². The van der Waals surface area contributed by atoms with Crippen LogP contribution in [0.5, 0.6) is 5.88 Å². The highest BCUT2D eigenvalue weighted by Gasteiger charge is 2.31. The molecule has 4 N–H and O–H groups in total. The number of alkyl halides is 4. The predicted octanol–water partition coefficient (Wildman–Crippen LogP) is 3.88. The average Bonchev–Trinajstić information content (AvgIpc) is 2.80. The van der Waals surface area contributed by atoms with Gasteiger partial charge >= 0.3 is 11.9 Å². The Balaban J connectivity index is 0.000000809. The van der Waals surface area contributed by atoms with E-state index in [-0.39, 0.29) is 31.4 Å². The van der Waals surface area contributed by atoms with Gasteiger partial charge in [-0.05, 0) is 36.8 Å². The topological polar surface area (TPSA) is 118 Å². The van der Waals surface area contributed by atoms with Crippen molar-refractivity contribution in [3.63, 3.8) is 0 Å². The first-order chi connectivity index (χ1) is 16.7. The number of halogens is 5. The lowest BCUT2D eigenvalue weighted by molar-refractivity contribution is -0.161. The van der Waals surface area contributed by atoms with Crippen molar-refractivity contribution in [2.45, 2.75) is 49.9 Å². The fraction of sp³-hybridized carbons (Fsp3) is 0.591. The zero-order valence-electron chi connectivity index (χ0n) is 20.0. The van der Waals surface area contributed by atoms with Gasteiger partial charge in [-0.15, -0.1) is 0 Å². The molecule has 1 fully saturated rings. The molecule has 1 amide bonds. The summed E-state index contributed by atoms with van der Waals surface area (Å²) in [6.07, 6.45) is 4.06. The Morgan fingerprint density at radius 1 is 1.28 bits per heavy atom. The maximum Gasteiger partial charge on any atom is 0.374 e. The molecule has 2 heterocycles. The number of amides is 1. The van der Waals surface area contributed by atoms with E-state index in [9.17, 15) is 31.5 Å². The van der Waals surface area contributed by atoms with Crippen molar-refractivity contribution in [1.29, 1.82) is 0 Å². The molecule has 1 aromatic heterocycles. The van der Waals surface area contributed by atoms with E-state index in [4.69, 9.17) is 15.6 Å². The lowest BCUT2D eigenvalue weighted by Crippen LogP contribution is -2.37. The second kappa shape index (κ2) is 15.0. The monoisotopic (exact) mass is 542 g/mol. The SMILES string of the molecule is CC(F)(F)C(=O)O.CC(F)(F)CNC(=O)CC1CCN(Sc2ccc(OC/C(=C\F)CN)nc2)CC1. The van der Waals surface area contributed by atoms with Gasteiger partial charge in [0.2, 0.25) is 11.8 Å². The molecule has 1 aliphatic rings. The Kier molecular flexibility index (Phi) is 13.1. The number of carboxylic acid groups (broad SMARTS) is 1. The number of nitrogens with one attached hydrogen (secondary N) is 1. The van der Waals surface area contributed by atoms with Crippen molar-refractivity contribution >= 4 is 23.8 Å². The summed E-state index contributed by atoms with van der Waals surface area (Å²) in [6.45, 7) is 2.24. The summed E-state index contributed by atoms with van der Waals surface area (Å²) in [6, 6.07) is 3.59. The molecule has 0 spiro atoms. The van der Waals surface area contributed by atoms with E-state index in [1.807, 2.05) is 6.07 Å². The van der Waals surface area contributed by atoms with E-state index in [0.717, 1.165) is 37.8 Å². The summed E-state index contributed by atoms with van der Waals surface area (Å²) in [5.74, 6) is -8.29. The zero-order chi connectivity index (χ0) is 27.4. The number of hydrogen-bond donors (Lipinski definition) is 3. The quantitative estimate of drug-likeness (QED) is 0.285. The average molecular weight is 543 g/mol. The van der Waals surface area contributed by atoms with Gasteiger partial charge in [-0.25, -0.2) is 27.3 Å². The number of carbonyl (C=O) groups excluding carboxylic acids is 1. The molecule has 0 bridgehead atoms. The second-order valence-corrected chi connectivity index (χ2v) is 9.47. The first-order valence-electron chi connectivity index (χ1n) is 11.0. The zero-order valence-corrected chi connectivity index (χ0v) is 20.8. The van der Waals surface area contributed by atoms with Crippen molar-refractivity contribution < 1.29 is 41.4 Å². The minimum Gasteiger partial charge on any atom is -0.477 e. The van der Waals surface area contributed by atoms with Crippen LogP contribution in [-0.2, 0) is 9.59 Å². The molecule has 0 aromatic carbocycles. The number of aliphatic carboxylic acids is 1. The highest BCUT2D eigenvalue weighted by atomic mass is 32.2. The van der Waals surface area contributed by atoms with Crippen LogP contribution in [0.25, 0.3) is 0 Å². The summed E-state index contributed by atoms with van der Waals surface area (Å²) >= 11 is 1.57. The summed E-state index contributed by atoms with van der Waals surface area (Å²) < 4.78 is 68.1. The molecule has 0 saturated carbocycles. The highest BCUT2D eigenvalue weighted by molar-refractivity contribution is 7.97. The summed E-state index contributed by atoms with van der Waals surface area (Å²) in [5, 5.41) is 9.79. The van der Waals surface area contributed by atoms with Gasteiger partial charge in [0, 0.05) is 62.6 Å². The molecule has 0 atom stereocenters. The van der Waals surface area contributed by atoms with Crippen molar-refractivity contribution in [1.82, 2.24) is 14.6 Å². The molecule has 14 heteroatoms. The van der Waals surface area contributed by atoms with Gasteiger partial charge in [0.1, 0.15) is 6.61 Å². The molecule has 0 aliphatic carbocycles. The molecule has 0 radical (unpaired) electrons. The maximum absolute atomic E-state index is 12.8. The minimum absolute atomic E-state index is 0.0590. The van der Waals surface area contributed by atoms with Gasteiger partial charge in [0.05, 0.1) is 12.9 Å². The fourth-order valence-electron chi connectivity index (χ4n) is 2.75. The molecular formula is C22H31F5N4O4S. The number of piperidine rings is 1. The van der Waals surface area contributed by atoms with Gasteiger partial charge in [0.25, 0.3) is 5.92 Å². The van der Waals surface area contributed by atoms with Gasteiger partial charge < -0.3 is 20.9 Å². The Hall–Kier alpha value is -2.45. The van der Waals surface area contributed by atoms with Crippen LogP contribution >= 0.6 is 11.9 Å². The lowest BCUT2D eigenvalue weighted by Gasteiger charge is -2.30. The molecule has 1 aliphatic heterocycles. The van der Waals surface area contributed by atoms with Crippen molar-refractivity contribution in [3.8, 4) is 5.88 Å². The van der Waals surface area contributed by atoms with E-state index in [2.05, 4.69) is 14.6 Å². The number of nitrogens with zero attached hydrogens (tertiary/aromatic N) is 2. The van der Waals surface area contributed by atoms with Crippen molar-refractivity contribution in [3.05, 3.63) is 30.2 Å². The maximum atomic E-state index is 12.8. The van der Waals surface area contributed by atoms with Gasteiger partial charge in [-0.2, -0.15) is 8.78 Å². The molecular weight excluding hydrogens is 511 g/mol. The molecule has 8 nitrogen and oxygen atoms in total. The van der Waals surface area contributed by atoms with Crippen LogP contribution in [-0.4, -0.2) is 70.9 Å². The number of pyridine rings is 1. The second-order valence-electron chi connectivity index (χ2n) is 8.30. The van der Waals surface area contributed by atoms with E-state index >= 15 is 0 Å². The smallest absolute Gasteiger partial charge is 0.374 e. The Bertz CT molecular complexity index is 855. The highest BCUT2D eigenvalue weighted by Crippen LogP contribution is 2.30. The Labute approximate surface area is 210 Å². The normalized spacial score (nSPS) is 15.6. The molecule has 2 rings (SSSR count). The van der Waals surface area contributed by atoms with E-state index in [0.29, 0.717) is 24.7 Å². The first-order valence-corrected chi connectivity index (χ1v) is 11.8. The number of carbonyl (C=O) groups is 2. The van der Waals surface area contributed by atoms with Gasteiger partial charge in [-0.1, -0.05) is 0 Å². The summed E-state index contributed by atoms with van der Waals surface area (Å²) in [7, 11) is 0. The first kappa shape index (κ1) is 31.6. The molecule has 204 valence electrons. The van der Waals surface area contributed by atoms with E-state index in [1.165, 1.54) is 0 Å². The third-order valence-corrected chi connectivity index (χ3v) is 5.86. The van der Waals surface area contributed by atoms with Crippen molar-refractivity contribution in [2.75, 3.05) is 32.8 Å². The third kappa shape index (κ3) is 13.6. The third-order valence-electron chi connectivity index (χ3n) is 4.78. The number of aromatic nitrogens is 1. The van der Waals surface area contributed by atoms with Crippen LogP contribution in [0.3, 0.4) is 0 Å². The number of nitrogens with two attached hydrogens (primary N) is 1. The molecule has 0 unspecified atom stereocenters. The summed E-state index contributed by atoms with van der Waals surface area (Å²) in [5.41, 5.74) is 5.73. The van der Waals surface area contributed by atoms with Crippen LogP contribution < -0.4 is 15.8 Å². The summed E-state index contributed by atoms with van der Waals surface area (Å²) in [4.78, 5) is 26.2. The number of rotatable bonds is 11. The van der Waals surface area contributed by atoms with Gasteiger partial charge in [-0.3, -0.25) is 4.79 Å². The molecule has 36 heavy (non-hydrogen) atoms. The minimum atomic E-state index is -3.58. The Morgan fingerprint density at radius 2 is 1.89 bits per heavy atom. The van der Waals surface area contributed by atoms with Crippen molar-refractivity contribution in [2.24, 2.45) is 11.7 Å². The van der Waals surface area contributed by atoms with Gasteiger partial charge in [0.15, 0.2) is 0 Å². The molecule has 1 saturated heterocycles. The molecule has 1 aromatic rings. The van der Waals surface area contributed by atoms with Crippen LogP contribution in [0.1, 0.15) is 33.1 Å². The standard InChI is InChI=1S/C19H27F3N4O2S.C3H4F2O2/c1-19(21,22)13-25-17(27)8-14-4-6-26(7-5-14)29-16-2-3-18(24-11-16)28-12-15(9-20)10-23;1-3(4,5)2(6)7/h2-3,9,11,14H,4-8,10,12-13,23H2,1H3,(H,25,27);1H3,(H,6,7)/b15-9-;. The number of carboxylic acids is 1. The van der Waals surface area contributed by atoms with E-state index in [1.54, 1.807) is 24.2 Å². The lowest BCUT2D eigenvalue weighted by atomic mass is 9.94. The Morgan fingerprint density at radius 3 is 2.33 bits per heavy atom.